The normalized spacial score (nSPS) is 11.6. The van der Waals surface area contributed by atoms with E-state index < -0.39 is 12.1 Å². The molecule has 0 bridgehead atoms. The third kappa shape index (κ3) is 4.59. The third-order valence-corrected chi connectivity index (χ3v) is 3.88. The van der Waals surface area contributed by atoms with Crippen molar-refractivity contribution < 1.29 is 19.1 Å². The molecule has 0 radical (unpaired) electrons. The first kappa shape index (κ1) is 18.5. The van der Waals surface area contributed by atoms with Crippen molar-refractivity contribution in [3.8, 4) is 5.75 Å². The van der Waals surface area contributed by atoms with Crippen LogP contribution in [-0.4, -0.2) is 25.1 Å². The van der Waals surface area contributed by atoms with Gasteiger partial charge in [0, 0.05) is 5.69 Å². The summed E-state index contributed by atoms with van der Waals surface area (Å²) in [6.45, 7) is 7.64. The van der Waals surface area contributed by atoms with Gasteiger partial charge >= 0.3 is 5.97 Å². The molecule has 0 saturated carbocycles. The minimum Gasteiger partial charge on any atom is -0.481 e. The molecule has 0 aromatic heterocycles. The Hall–Kier alpha value is -2.82. The standard InChI is InChI=1S/C20H23NO4/c1-12-10-13(2)18(14(3)11-12)21-19(22)15(4)25-17-8-6-16(7-9-17)20(23)24-5/h6-11,15H,1-5H3,(H,21,22). The number of hydrogen-bond donors (Lipinski definition) is 1. The van der Waals surface area contributed by atoms with Crippen LogP contribution in [0.2, 0.25) is 0 Å². The smallest absolute Gasteiger partial charge is 0.337 e. The van der Waals surface area contributed by atoms with Crippen molar-refractivity contribution in [2.75, 3.05) is 12.4 Å². The van der Waals surface area contributed by atoms with E-state index in [2.05, 4.69) is 10.1 Å². The Morgan fingerprint density at radius 2 is 1.56 bits per heavy atom. The van der Waals surface area contributed by atoms with Crippen molar-refractivity contribution in [1.82, 2.24) is 0 Å². The number of hydrogen-bond acceptors (Lipinski definition) is 4. The van der Waals surface area contributed by atoms with Crippen molar-refractivity contribution in [2.24, 2.45) is 0 Å². The number of carbonyl (C=O) groups excluding carboxylic acids is 2. The molecule has 2 aromatic carbocycles. The minimum atomic E-state index is -0.677. The Balaban J connectivity index is 2.04. The lowest BCUT2D eigenvalue weighted by Crippen LogP contribution is -2.30. The molecule has 0 spiro atoms. The van der Waals surface area contributed by atoms with Crippen LogP contribution in [-0.2, 0) is 9.53 Å². The number of anilines is 1. The van der Waals surface area contributed by atoms with Crippen LogP contribution < -0.4 is 10.1 Å². The van der Waals surface area contributed by atoms with Gasteiger partial charge in [0.1, 0.15) is 5.75 Å². The van der Waals surface area contributed by atoms with Gasteiger partial charge in [-0.3, -0.25) is 4.79 Å². The molecule has 0 fully saturated rings. The summed E-state index contributed by atoms with van der Waals surface area (Å²) in [6, 6.07) is 10.5. The van der Waals surface area contributed by atoms with Gasteiger partial charge in [-0.2, -0.15) is 0 Å². The average molecular weight is 341 g/mol. The molecule has 0 heterocycles. The van der Waals surface area contributed by atoms with Crippen LogP contribution >= 0.6 is 0 Å². The van der Waals surface area contributed by atoms with Gasteiger partial charge in [0.25, 0.3) is 5.91 Å². The Bertz CT molecular complexity index is 758. The van der Waals surface area contributed by atoms with E-state index in [9.17, 15) is 9.59 Å². The van der Waals surface area contributed by atoms with Gasteiger partial charge in [-0.25, -0.2) is 4.79 Å². The molecule has 1 N–H and O–H groups in total. The molecule has 5 heteroatoms. The number of nitrogens with one attached hydrogen (secondary N) is 1. The van der Waals surface area contributed by atoms with E-state index >= 15 is 0 Å². The van der Waals surface area contributed by atoms with E-state index in [1.54, 1.807) is 31.2 Å². The second kappa shape index (κ2) is 7.83. The number of rotatable bonds is 5. The molecule has 0 aliphatic carbocycles. The van der Waals surface area contributed by atoms with E-state index in [1.165, 1.54) is 7.11 Å². The summed E-state index contributed by atoms with van der Waals surface area (Å²) in [6.07, 6.45) is -0.677. The second-order valence-corrected chi connectivity index (χ2v) is 6.04. The number of methoxy groups -OCH3 is 1. The van der Waals surface area contributed by atoms with E-state index in [1.807, 2.05) is 32.9 Å². The highest BCUT2D eigenvalue weighted by Crippen LogP contribution is 2.22. The van der Waals surface area contributed by atoms with Crippen LogP contribution in [0.4, 0.5) is 5.69 Å². The first-order valence-electron chi connectivity index (χ1n) is 8.05. The summed E-state index contributed by atoms with van der Waals surface area (Å²) in [7, 11) is 1.33. The topological polar surface area (TPSA) is 64.6 Å². The lowest BCUT2D eigenvalue weighted by Gasteiger charge is -2.17. The predicted octanol–water partition coefficient (Wildman–Crippen LogP) is 3.80. The zero-order chi connectivity index (χ0) is 18.6. The monoisotopic (exact) mass is 341 g/mol. The number of ether oxygens (including phenoxy) is 2. The first-order chi connectivity index (χ1) is 11.8. The molecular formula is C20H23NO4. The quantitative estimate of drug-likeness (QED) is 0.840. The Morgan fingerprint density at radius 3 is 2.08 bits per heavy atom. The fraction of sp³-hybridized carbons (Fsp3) is 0.300. The summed E-state index contributed by atoms with van der Waals surface area (Å²) < 4.78 is 10.3. The number of carbonyl (C=O) groups is 2. The largest absolute Gasteiger partial charge is 0.481 e. The number of amides is 1. The highest BCUT2D eigenvalue weighted by molar-refractivity contribution is 5.95. The predicted molar refractivity (Wildman–Crippen MR) is 97.2 cm³/mol. The summed E-state index contributed by atoms with van der Waals surface area (Å²) in [5.41, 5.74) is 4.42. The molecule has 1 atom stereocenters. The van der Waals surface area contributed by atoms with E-state index in [4.69, 9.17) is 4.74 Å². The van der Waals surface area contributed by atoms with Crippen molar-refractivity contribution in [3.05, 3.63) is 58.7 Å². The Kier molecular flexibility index (Phi) is 5.80. The van der Waals surface area contributed by atoms with Gasteiger partial charge in [-0.05, 0) is 63.1 Å². The molecule has 0 saturated heterocycles. The van der Waals surface area contributed by atoms with Crippen molar-refractivity contribution in [1.29, 1.82) is 0 Å². The van der Waals surface area contributed by atoms with Crippen LogP contribution in [0.3, 0.4) is 0 Å². The van der Waals surface area contributed by atoms with Crippen molar-refractivity contribution in [2.45, 2.75) is 33.8 Å². The summed E-state index contributed by atoms with van der Waals surface area (Å²) in [4.78, 5) is 23.8. The van der Waals surface area contributed by atoms with Crippen molar-refractivity contribution >= 4 is 17.6 Å². The van der Waals surface area contributed by atoms with Crippen LogP contribution in [0.1, 0.15) is 34.0 Å². The van der Waals surface area contributed by atoms with E-state index in [0.717, 1.165) is 22.4 Å². The molecule has 0 aliphatic heterocycles. The lowest BCUT2D eigenvalue weighted by atomic mass is 10.0. The lowest BCUT2D eigenvalue weighted by molar-refractivity contribution is -0.122. The van der Waals surface area contributed by atoms with Gasteiger partial charge < -0.3 is 14.8 Å². The summed E-state index contributed by atoms with van der Waals surface area (Å²) >= 11 is 0. The average Bonchev–Trinajstić information content (AvgIpc) is 2.57. The molecule has 1 amide bonds. The Morgan fingerprint density at radius 1 is 1.00 bits per heavy atom. The molecule has 25 heavy (non-hydrogen) atoms. The summed E-state index contributed by atoms with van der Waals surface area (Å²) in [5, 5.41) is 2.93. The molecule has 1 unspecified atom stereocenters. The number of aryl methyl sites for hydroxylation is 3. The zero-order valence-electron chi connectivity index (χ0n) is 15.2. The van der Waals surface area contributed by atoms with Crippen LogP contribution in [0.5, 0.6) is 5.75 Å². The second-order valence-electron chi connectivity index (χ2n) is 6.04. The minimum absolute atomic E-state index is 0.230. The van der Waals surface area contributed by atoms with Gasteiger partial charge in [0.05, 0.1) is 12.7 Å². The molecular weight excluding hydrogens is 318 g/mol. The number of esters is 1. The van der Waals surface area contributed by atoms with Crippen LogP contribution in [0.25, 0.3) is 0 Å². The van der Waals surface area contributed by atoms with Crippen LogP contribution in [0.15, 0.2) is 36.4 Å². The van der Waals surface area contributed by atoms with Gasteiger partial charge in [-0.1, -0.05) is 17.7 Å². The summed E-state index contributed by atoms with van der Waals surface area (Å²) in [5.74, 6) is -0.137. The SMILES string of the molecule is COC(=O)c1ccc(OC(C)C(=O)Nc2c(C)cc(C)cc2C)cc1. The van der Waals surface area contributed by atoms with Crippen molar-refractivity contribution in [3.63, 3.8) is 0 Å². The van der Waals surface area contributed by atoms with Gasteiger partial charge in [0.2, 0.25) is 0 Å². The molecule has 2 rings (SSSR count). The van der Waals surface area contributed by atoms with E-state index in [-0.39, 0.29) is 5.91 Å². The fourth-order valence-corrected chi connectivity index (χ4v) is 2.65. The maximum atomic E-state index is 12.4. The molecule has 132 valence electrons. The third-order valence-electron chi connectivity index (χ3n) is 3.88. The first-order valence-corrected chi connectivity index (χ1v) is 8.05. The van der Waals surface area contributed by atoms with E-state index in [0.29, 0.717) is 11.3 Å². The fourth-order valence-electron chi connectivity index (χ4n) is 2.65. The highest BCUT2D eigenvalue weighted by Gasteiger charge is 2.17. The maximum absolute atomic E-state index is 12.4. The molecule has 5 nitrogen and oxygen atoms in total. The van der Waals surface area contributed by atoms with Gasteiger partial charge in [-0.15, -0.1) is 0 Å². The maximum Gasteiger partial charge on any atom is 0.337 e. The molecule has 0 aliphatic rings. The van der Waals surface area contributed by atoms with Gasteiger partial charge in [0.15, 0.2) is 6.10 Å². The highest BCUT2D eigenvalue weighted by atomic mass is 16.5. The molecule has 2 aromatic rings. The number of benzene rings is 2. The Labute approximate surface area is 148 Å². The van der Waals surface area contributed by atoms with Crippen LogP contribution in [0, 0.1) is 20.8 Å². The zero-order valence-corrected chi connectivity index (χ0v) is 15.2.